The minimum absolute atomic E-state index is 0.0155. The SMILES string of the molecule is CC(=O)N(CCC(=O)Nc1ccc(F)c(F)c1F)c1ccc(C#N)cc1. The number of carbonyl (C=O) groups is 2. The van der Waals surface area contributed by atoms with E-state index >= 15 is 0 Å². The molecule has 0 radical (unpaired) electrons. The molecule has 2 amide bonds. The van der Waals surface area contributed by atoms with Crippen molar-refractivity contribution in [3.8, 4) is 6.07 Å². The highest BCUT2D eigenvalue weighted by Gasteiger charge is 2.17. The molecule has 0 saturated heterocycles. The average molecular weight is 361 g/mol. The first-order valence-corrected chi connectivity index (χ1v) is 7.55. The Morgan fingerprint density at radius 3 is 2.31 bits per heavy atom. The Morgan fingerprint density at radius 2 is 1.73 bits per heavy atom. The highest BCUT2D eigenvalue weighted by molar-refractivity contribution is 5.94. The Morgan fingerprint density at radius 1 is 1.08 bits per heavy atom. The molecule has 0 spiro atoms. The van der Waals surface area contributed by atoms with Gasteiger partial charge in [-0.1, -0.05) is 0 Å². The number of amides is 2. The number of nitrogens with zero attached hydrogens (tertiary/aromatic N) is 2. The summed E-state index contributed by atoms with van der Waals surface area (Å²) in [4.78, 5) is 25.0. The monoisotopic (exact) mass is 361 g/mol. The first-order chi connectivity index (χ1) is 12.3. The zero-order chi connectivity index (χ0) is 19.3. The van der Waals surface area contributed by atoms with Crippen molar-refractivity contribution < 1.29 is 22.8 Å². The maximum Gasteiger partial charge on any atom is 0.226 e. The van der Waals surface area contributed by atoms with E-state index in [1.165, 1.54) is 24.0 Å². The molecule has 5 nitrogen and oxygen atoms in total. The molecule has 2 rings (SSSR count). The molecule has 26 heavy (non-hydrogen) atoms. The molecule has 0 fully saturated rings. The summed E-state index contributed by atoms with van der Waals surface area (Å²) in [6, 6.07) is 9.75. The molecule has 0 saturated carbocycles. The third-order valence-corrected chi connectivity index (χ3v) is 3.56. The zero-order valence-electron chi connectivity index (χ0n) is 13.7. The molecule has 0 aromatic heterocycles. The van der Waals surface area contributed by atoms with Gasteiger partial charge >= 0.3 is 0 Å². The Hall–Kier alpha value is -3.34. The van der Waals surface area contributed by atoms with E-state index in [4.69, 9.17) is 5.26 Å². The molecule has 0 atom stereocenters. The van der Waals surface area contributed by atoms with Crippen molar-refractivity contribution >= 4 is 23.2 Å². The number of hydrogen-bond donors (Lipinski definition) is 1. The molecule has 0 heterocycles. The largest absolute Gasteiger partial charge is 0.323 e. The Bertz CT molecular complexity index is 876. The van der Waals surface area contributed by atoms with Gasteiger partial charge in [-0.2, -0.15) is 5.26 Å². The molecule has 2 aromatic rings. The molecular formula is C18H14F3N3O2. The number of hydrogen-bond acceptors (Lipinski definition) is 3. The number of halogens is 3. The van der Waals surface area contributed by atoms with Crippen LogP contribution in [-0.2, 0) is 9.59 Å². The number of anilines is 2. The number of rotatable bonds is 5. The van der Waals surface area contributed by atoms with Gasteiger partial charge in [-0.15, -0.1) is 0 Å². The third-order valence-electron chi connectivity index (χ3n) is 3.56. The molecule has 2 aromatic carbocycles. The van der Waals surface area contributed by atoms with Crippen molar-refractivity contribution in [1.29, 1.82) is 5.26 Å². The second-order valence-electron chi connectivity index (χ2n) is 5.35. The van der Waals surface area contributed by atoms with Crippen molar-refractivity contribution in [1.82, 2.24) is 0 Å². The molecule has 0 aliphatic rings. The van der Waals surface area contributed by atoms with Crippen molar-refractivity contribution in [2.24, 2.45) is 0 Å². The fourth-order valence-corrected chi connectivity index (χ4v) is 2.23. The summed E-state index contributed by atoms with van der Waals surface area (Å²) in [5.74, 6) is -5.53. The van der Waals surface area contributed by atoms with Crippen molar-refractivity contribution in [2.75, 3.05) is 16.8 Å². The van der Waals surface area contributed by atoms with Gasteiger partial charge in [0.05, 0.1) is 17.3 Å². The third kappa shape index (κ3) is 4.39. The summed E-state index contributed by atoms with van der Waals surface area (Å²) in [7, 11) is 0. The van der Waals surface area contributed by atoms with Crippen LogP contribution in [0.15, 0.2) is 36.4 Å². The number of nitrogens with one attached hydrogen (secondary N) is 1. The molecule has 1 N–H and O–H groups in total. The maximum absolute atomic E-state index is 13.6. The quantitative estimate of drug-likeness (QED) is 0.830. The second kappa shape index (κ2) is 8.16. The molecule has 0 bridgehead atoms. The van der Waals surface area contributed by atoms with Crippen LogP contribution in [0.25, 0.3) is 0 Å². The first-order valence-electron chi connectivity index (χ1n) is 7.55. The van der Waals surface area contributed by atoms with Gasteiger partial charge in [-0.3, -0.25) is 9.59 Å². The van der Waals surface area contributed by atoms with Crippen LogP contribution < -0.4 is 10.2 Å². The molecule has 134 valence electrons. The summed E-state index contributed by atoms with van der Waals surface area (Å²) in [5, 5.41) is 10.9. The summed E-state index contributed by atoms with van der Waals surface area (Å²) in [6.45, 7) is 1.30. The van der Waals surface area contributed by atoms with E-state index < -0.39 is 29.0 Å². The van der Waals surface area contributed by atoms with Gasteiger partial charge in [0, 0.05) is 25.6 Å². The predicted molar refractivity (Wildman–Crippen MR) is 88.7 cm³/mol. The average Bonchev–Trinajstić information content (AvgIpc) is 2.62. The van der Waals surface area contributed by atoms with E-state index in [0.717, 1.165) is 6.07 Å². The van der Waals surface area contributed by atoms with Gasteiger partial charge < -0.3 is 10.2 Å². The van der Waals surface area contributed by atoms with E-state index in [0.29, 0.717) is 17.3 Å². The Balaban J connectivity index is 2.05. The van der Waals surface area contributed by atoms with E-state index in [1.54, 1.807) is 12.1 Å². The summed E-state index contributed by atoms with van der Waals surface area (Å²) < 4.78 is 39.6. The van der Waals surface area contributed by atoms with Crippen LogP contribution in [0.5, 0.6) is 0 Å². The van der Waals surface area contributed by atoms with Crippen molar-refractivity contribution in [2.45, 2.75) is 13.3 Å². The number of benzene rings is 2. The van der Waals surface area contributed by atoms with Gasteiger partial charge in [0.2, 0.25) is 11.8 Å². The van der Waals surface area contributed by atoms with Crippen molar-refractivity contribution in [3.05, 3.63) is 59.4 Å². The minimum atomic E-state index is -1.68. The van der Waals surface area contributed by atoms with E-state index in [1.807, 2.05) is 6.07 Å². The standard InChI is InChI=1S/C18H14F3N3O2/c1-11(25)24(13-4-2-12(10-22)3-5-13)9-8-16(26)23-15-7-6-14(19)17(20)18(15)21/h2-7H,8-9H2,1H3,(H,23,26). The van der Waals surface area contributed by atoms with Crippen LogP contribution in [0.4, 0.5) is 24.5 Å². The minimum Gasteiger partial charge on any atom is -0.323 e. The van der Waals surface area contributed by atoms with Gasteiger partial charge in [0.1, 0.15) is 0 Å². The van der Waals surface area contributed by atoms with Gasteiger partial charge in [0.25, 0.3) is 0 Å². The lowest BCUT2D eigenvalue weighted by Gasteiger charge is -2.21. The van der Waals surface area contributed by atoms with Crippen LogP contribution in [0.2, 0.25) is 0 Å². The first kappa shape index (κ1) is 19.0. The predicted octanol–water partition coefficient (Wildman–Crippen LogP) is 3.36. The van der Waals surface area contributed by atoms with E-state index in [-0.39, 0.29) is 18.9 Å². The lowest BCUT2D eigenvalue weighted by molar-refractivity contribution is -0.117. The number of nitriles is 1. The highest BCUT2D eigenvalue weighted by atomic mass is 19.2. The summed E-state index contributed by atoms with van der Waals surface area (Å²) >= 11 is 0. The summed E-state index contributed by atoms with van der Waals surface area (Å²) in [5.41, 5.74) is 0.425. The van der Waals surface area contributed by atoms with Gasteiger partial charge in [-0.05, 0) is 36.4 Å². The van der Waals surface area contributed by atoms with Crippen LogP contribution in [-0.4, -0.2) is 18.4 Å². The van der Waals surface area contributed by atoms with Crippen LogP contribution >= 0.6 is 0 Å². The van der Waals surface area contributed by atoms with Crippen LogP contribution in [0.1, 0.15) is 18.9 Å². The fraction of sp³-hybridized carbons (Fsp3) is 0.167. The second-order valence-corrected chi connectivity index (χ2v) is 5.35. The fourth-order valence-electron chi connectivity index (χ4n) is 2.23. The van der Waals surface area contributed by atoms with Crippen LogP contribution in [0.3, 0.4) is 0 Å². The molecule has 0 aliphatic carbocycles. The molecule has 0 unspecified atom stereocenters. The van der Waals surface area contributed by atoms with Crippen LogP contribution in [0, 0.1) is 28.8 Å². The smallest absolute Gasteiger partial charge is 0.226 e. The lowest BCUT2D eigenvalue weighted by Crippen LogP contribution is -2.32. The highest BCUT2D eigenvalue weighted by Crippen LogP contribution is 2.20. The van der Waals surface area contributed by atoms with Crippen molar-refractivity contribution in [3.63, 3.8) is 0 Å². The molecular weight excluding hydrogens is 347 g/mol. The Kier molecular flexibility index (Phi) is 5.96. The lowest BCUT2D eigenvalue weighted by atomic mass is 10.2. The topological polar surface area (TPSA) is 73.2 Å². The number of carbonyl (C=O) groups excluding carboxylic acids is 2. The molecule has 8 heteroatoms. The van der Waals surface area contributed by atoms with Gasteiger partial charge in [0.15, 0.2) is 17.5 Å². The summed E-state index contributed by atoms with van der Waals surface area (Å²) in [6.07, 6.45) is -0.196. The zero-order valence-corrected chi connectivity index (χ0v) is 13.7. The van der Waals surface area contributed by atoms with E-state index in [9.17, 15) is 22.8 Å². The normalized spacial score (nSPS) is 10.1. The maximum atomic E-state index is 13.6. The molecule has 0 aliphatic heterocycles. The Labute approximate surface area is 147 Å². The van der Waals surface area contributed by atoms with E-state index in [2.05, 4.69) is 5.32 Å². The van der Waals surface area contributed by atoms with Gasteiger partial charge in [-0.25, -0.2) is 13.2 Å².